The number of rotatable bonds is 5. The molecule has 1 rings (SSSR count). The first-order chi connectivity index (χ1) is 7.45. The van der Waals surface area contributed by atoms with Gasteiger partial charge in [0.1, 0.15) is 5.82 Å². The fourth-order valence-corrected chi connectivity index (χ4v) is 2.63. The van der Waals surface area contributed by atoms with Gasteiger partial charge in [-0.05, 0) is 24.5 Å². The lowest BCUT2D eigenvalue weighted by atomic mass is 10.3. The van der Waals surface area contributed by atoms with Gasteiger partial charge in [-0.25, -0.2) is 17.5 Å². The quantitative estimate of drug-likeness (QED) is 0.616. The average Bonchev–Trinajstić information content (AvgIpc) is 2.16. The molecule has 0 spiro atoms. The fraction of sp³-hybridized carbons (Fsp3) is 0.333. The van der Waals surface area contributed by atoms with Crippen LogP contribution in [0.25, 0.3) is 0 Å². The molecule has 90 valence electrons. The zero-order valence-electron chi connectivity index (χ0n) is 8.73. The van der Waals surface area contributed by atoms with Gasteiger partial charge in [0.2, 0.25) is 10.0 Å². The molecule has 3 N–H and O–H groups in total. The third-order valence-corrected chi connectivity index (χ3v) is 3.86. The molecule has 16 heavy (non-hydrogen) atoms. The highest BCUT2D eigenvalue weighted by atomic mass is 32.2. The largest absolute Gasteiger partial charge is 0.399 e. The van der Waals surface area contributed by atoms with E-state index in [0.717, 1.165) is 12.1 Å². The molecule has 0 heterocycles. The molecule has 0 bridgehead atoms. The van der Waals surface area contributed by atoms with E-state index in [-0.39, 0.29) is 10.6 Å². The molecule has 0 aromatic heterocycles. The van der Waals surface area contributed by atoms with Crippen LogP contribution in [0.1, 0.15) is 0 Å². The summed E-state index contributed by atoms with van der Waals surface area (Å²) in [7, 11) is -3.66. The first-order valence-electron chi connectivity index (χ1n) is 4.50. The molecular formula is C9H13FN2O2S2. The number of hydrogen-bond donors (Lipinski definition) is 2. The number of nitrogen functional groups attached to an aromatic ring is 1. The Balaban J connectivity index is 2.89. The molecule has 0 fully saturated rings. The molecule has 0 radical (unpaired) electrons. The highest BCUT2D eigenvalue weighted by molar-refractivity contribution is 7.98. The number of thioether (sulfide) groups is 1. The summed E-state index contributed by atoms with van der Waals surface area (Å²) in [5.41, 5.74) is 5.46. The highest BCUT2D eigenvalue weighted by Gasteiger charge is 2.14. The van der Waals surface area contributed by atoms with Gasteiger partial charge in [0.25, 0.3) is 0 Å². The summed E-state index contributed by atoms with van der Waals surface area (Å²) in [6.45, 7) is 0.305. The van der Waals surface area contributed by atoms with Crippen LogP contribution in [-0.2, 0) is 10.0 Å². The number of nitrogens with one attached hydrogen (secondary N) is 1. The topological polar surface area (TPSA) is 72.2 Å². The van der Waals surface area contributed by atoms with Crippen molar-refractivity contribution in [3.8, 4) is 0 Å². The minimum Gasteiger partial charge on any atom is -0.399 e. The summed E-state index contributed by atoms with van der Waals surface area (Å²) in [6, 6.07) is 3.24. The summed E-state index contributed by atoms with van der Waals surface area (Å²) < 4.78 is 38.7. The van der Waals surface area contributed by atoms with Crippen molar-refractivity contribution in [3.63, 3.8) is 0 Å². The van der Waals surface area contributed by atoms with Crippen LogP contribution in [0.3, 0.4) is 0 Å². The maximum atomic E-state index is 13.0. The van der Waals surface area contributed by atoms with E-state index in [0.29, 0.717) is 12.3 Å². The van der Waals surface area contributed by atoms with Gasteiger partial charge in [0, 0.05) is 18.0 Å². The van der Waals surface area contributed by atoms with E-state index in [2.05, 4.69) is 4.72 Å². The van der Waals surface area contributed by atoms with Gasteiger partial charge in [0.05, 0.1) is 4.90 Å². The average molecular weight is 264 g/mol. The molecule has 4 nitrogen and oxygen atoms in total. The second-order valence-electron chi connectivity index (χ2n) is 3.11. The SMILES string of the molecule is CSCCNS(=O)(=O)c1cc(N)cc(F)c1. The van der Waals surface area contributed by atoms with Crippen molar-refractivity contribution in [1.29, 1.82) is 0 Å². The van der Waals surface area contributed by atoms with Gasteiger partial charge < -0.3 is 5.73 Å². The third-order valence-electron chi connectivity index (χ3n) is 1.80. The second-order valence-corrected chi connectivity index (χ2v) is 5.86. The molecule has 0 aliphatic rings. The van der Waals surface area contributed by atoms with E-state index < -0.39 is 15.8 Å². The lowest BCUT2D eigenvalue weighted by Gasteiger charge is -2.06. The Morgan fingerprint density at radius 2 is 2.12 bits per heavy atom. The molecule has 0 unspecified atom stereocenters. The van der Waals surface area contributed by atoms with E-state index in [1.54, 1.807) is 0 Å². The van der Waals surface area contributed by atoms with E-state index >= 15 is 0 Å². The Morgan fingerprint density at radius 1 is 1.44 bits per heavy atom. The minimum atomic E-state index is -3.66. The minimum absolute atomic E-state index is 0.0882. The van der Waals surface area contributed by atoms with Crippen molar-refractivity contribution >= 4 is 27.5 Å². The number of hydrogen-bond acceptors (Lipinski definition) is 4. The molecule has 1 aromatic rings. The molecule has 0 aliphatic heterocycles. The lowest BCUT2D eigenvalue weighted by molar-refractivity contribution is 0.580. The summed E-state index contributed by atoms with van der Waals surface area (Å²) in [6.07, 6.45) is 1.87. The van der Waals surface area contributed by atoms with Gasteiger partial charge in [-0.3, -0.25) is 0 Å². The molecule has 0 saturated heterocycles. The summed E-state index contributed by atoms with van der Waals surface area (Å²) in [4.78, 5) is -0.147. The van der Waals surface area contributed by atoms with Gasteiger partial charge >= 0.3 is 0 Å². The maximum absolute atomic E-state index is 13.0. The zero-order chi connectivity index (χ0) is 12.2. The summed E-state index contributed by atoms with van der Waals surface area (Å²) in [5, 5.41) is 0. The maximum Gasteiger partial charge on any atom is 0.240 e. The van der Waals surface area contributed by atoms with E-state index in [9.17, 15) is 12.8 Å². The Morgan fingerprint density at radius 3 is 2.69 bits per heavy atom. The number of anilines is 1. The van der Waals surface area contributed by atoms with Crippen LogP contribution in [-0.4, -0.2) is 27.0 Å². The van der Waals surface area contributed by atoms with Crippen molar-refractivity contribution in [2.24, 2.45) is 0 Å². The smallest absolute Gasteiger partial charge is 0.240 e. The monoisotopic (exact) mass is 264 g/mol. The molecule has 0 amide bonds. The summed E-state index contributed by atoms with van der Waals surface area (Å²) in [5.74, 6) is -0.00504. The zero-order valence-corrected chi connectivity index (χ0v) is 10.4. The molecular weight excluding hydrogens is 251 g/mol. The van der Waals surface area contributed by atoms with Crippen molar-refractivity contribution in [2.75, 3.05) is 24.3 Å². The van der Waals surface area contributed by atoms with E-state index in [1.165, 1.54) is 17.8 Å². The second kappa shape index (κ2) is 5.51. The summed E-state index contributed by atoms with van der Waals surface area (Å²) >= 11 is 1.52. The van der Waals surface area contributed by atoms with Crippen LogP contribution in [0, 0.1) is 5.82 Å². The Kier molecular flexibility index (Phi) is 4.57. The third kappa shape index (κ3) is 3.66. The highest BCUT2D eigenvalue weighted by Crippen LogP contribution is 2.15. The molecule has 0 aliphatic carbocycles. The molecule has 1 aromatic carbocycles. The van der Waals surface area contributed by atoms with Crippen LogP contribution < -0.4 is 10.5 Å². The van der Waals surface area contributed by atoms with Gasteiger partial charge in [-0.1, -0.05) is 0 Å². The Bertz CT molecular complexity index is 442. The lowest BCUT2D eigenvalue weighted by Crippen LogP contribution is -2.26. The van der Waals surface area contributed by atoms with Crippen LogP contribution >= 0.6 is 11.8 Å². The van der Waals surface area contributed by atoms with Crippen LogP contribution in [0.15, 0.2) is 23.1 Å². The number of halogens is 1. The first kappa shape index (κ1) is 13.3. The number of sulfonamides is 1. The fourth-order valence-electron chi connectivity index (χ4n) is 1.10. The predicted octanol–water partition coefficient (Wildman–Crippen LogP) is 1.05. The van der Waals surface area contributed by atoms with Gasteiger partial charge in [-0.15, -0.1) is 0 Å². The van der Waals surface area contributed by atoms with E-state index in [1.807, 2.05) is 6.26 Å². The predicted molar refractivity (Wildman–Crippen MR) is 64.4 cm³/mol. The number of benzene rings is 1. The van der Waals surface area contributed by atoms with E-state index in [4.69, 9.17) is 5.73 Å². The van der Waals surface area contributed by atoms with Crippen LogP contribution in [0.2, 0.25) is 0 Å². The van der Waals surface area contributed by atoms with Crippen molar-refractivity contribution in [1.82, 2.24) is 4.72 Å². The van der Waals surface area contributed by atoms with Gasteiger partial charge in [-0.2, -0.15) is 11.8 Å². The normalized spacial score (nSPS) is 11.6. The van der Waals surface area contributed by atoms with Crippen LogP contribution in [0.5, 0.6) is 0 Å². The Hall–Kier alpha value is -0.790. The van der Waals surface area contributed by atoms with Crippen molar-refractivity contribution < 1.29 is 12.8 Å². The van der Waals surface area contributed by atoms with Crippen molar-refractivity contribution in [2.45, 2.75) is 4.90 Å². The molecule has 0 saturated carbocycles. The Labute approximate surface area is 98.5 Å². The first-order valence-corrected chi connectivity index (χ1v) is 7.38. The molecule has 0 atom stereocenters. The number of nitrogens with two attached hydrogens (primary N) is 1. The van der Waals surface area contributed by atoms with Crippen LogP contribution in [0.4, 0.5) is 10.1 Å². The van der Waals surface area contributed by atoms with Gasteiger partial charge in [0.15, 0.2) is 0 Å². The molecule has 7 heteroatoms. The van der Waals surface area contributed by atoms with Crippen molar-refractivity contribution in [3.05, 3.63) is 24.0 Å². The standard InChI is InChI=1S/C9H13FN2O2S2/c1-15-3-2-12-16(13,14)9-5-7(10)4-8(11)6-9/h4-6,12H,2-3,11H2,1H3.